The summed E-state index contributed by atoms with van der Waals surface area (Å²) in [5.41, 5.74) is -1.43. The number of nitro groups is 1. The second-order valence-corrected chi connectivity index (χ2v) is 6.06. The van der Waals surface area contributed by atoms with Gasteiger partial charge in [0.25, 0.3) is 5.69 Å². The molecule has 0 amide bonds. The highest BCUT2D eigenvalue weighted by atomic mass is 19.4. The van der Waals surface area contributed by atoms with Crippen LogP contribution in [0.5, 0.6) is 0 Å². The van der Waals surface area contributed by atoms with E-state index in [4.69, 9.17) is 0 Å². The number of nitrogens with one attached hydrogen (secondary N) is 1. The highest BCUT2D eigenvalue weighted by Crippen LogP contribution is 2.41. The molecule has 1 aromatic carbocycles. The van der Waals surface area contributed by atoms with Crippen LogP contribution in [0.4, 0.5) is 24.5 Å². The van der Waals surface area contributed by atoms with E-state index in [-0.39, 0.29) is 17.1 Å². The van der Waals surface area contributed by atoms with Crippen LogP contribution >= 0.6 is 0 Å². The number of benzene rings is 1. The van der Waals surface area contributed by atoms with E-state index in [1.54, 1.807) is 0 Å². The van der Waals surface area contributed by atoms with Crippen molar-refractivity contribution in [3.05, 3.63) is 33.9 Å². The van der Waals surface area contributed by atoms with Crippen molar-refractivity contribution in [3.8, 4) is 0 Å². The summed E-state index contributed by atoms with van der Waals surface area (Å²) in [6.07, 6.45) is -1.75. The number of hydrogen-bond acceptors (Lipinski definition) is 3. The van der Waals surface area contributed by atoms with Gasteiger partial charge in [0.15, 0.2) is 0 Å². The first-order valence-electron chi connectivity index (χ1n) is 6.73. The lowest BCUT2D eigenvalue weighted by molar-refractivity contribution is -0.384. The Morgan fingerprint density at radius 3 is 2.52 bits per heavy atom. The van der Waals surface area contributed by atoms with Crippen LogP contribution in [0.2, 0.25) is 0 Å². The Morgan fingerprint density at radius 1 is 1.38 bits per heavy atom. The van der Waals surface area contributed by atoms with E-state index in [2.05, 4.69) is 5.32 Å². The predicted octanol–water partition coefficient (Wildman–Crippen LogP) is 4.60. The van der Waals surface area contributed by atoms with Crippen LogP contribution in [0.1, 0.15) is 38.7 Å². The average molecular weight is 302 g/mol. The topological polar surface area (TPSA) is 55.2 Å². The first kappa shape index (κ1) is 15.6. The second kappa shape index (κ2) is 5.20. The van der Waals surface area contributed by atoms with E-state index in [0.717, 1.165) is 31.4 Å². The zero-order valence-corrected chi connectivity index (χ0v) is 11.8. The van der Waals surface area contributed by atoms with Crippen LogP contribution in [0.15, 0.2) is 18.2 Å². The molecule has 0 aromatic heterocycles. The van der Waals surface area contributed by atoms with Gasteiger partial charge in [-0.15, -0.1) is 0 Å². The highest BCUT2D eigenvalue weighted by molar-refractivity contribution is 5.63. The molecule has 0 bridgehead atoms. The molecule has 1 atom stereocenters. The lowest BCUT2D eigenvalue weighted by Crippen LogP contribution is -2.31. The summed E-state index contributed by atoms with van der Waals surface area (Å²) >= 11 is 0. The Morgan fingerprint density at radius 2 is 2.05 bits per heavy atom. The third-order valence-corrected chi connectivity index (χ3v) is 4.11. The number of hydrogen-bond donors (Lipinski definition) is 1. The normalized spacial score (nSPS) is 21.3. The lowest BCUT2D eigenvalue weighted by atomic mass is 9.87. The molecule has 0 radical (unpaired) electrons. The SMILES string of the molecule is CC1(C)CCCC1Nc1ccc(C(F)(F)F)cc1[N+](=O)[O-]. The number of nitrogens with zero attached hydrogens (tertiary/aromatic N) is 1. The maximum Gasteiger partial charge on any atom is 0.416 e. The van der Waals surface area contributed by atoms with E-state index in [0.29, 0.717) is 6.07 Å². The summed E-state index contributed by atoms with van der Waals surface area (Å²) in [5, 5.41) is 14.1. The van der Waals surface area contributed by atoms with E-state index in [1.165, 1.54) is 0 Å². The largest absolute Gasteiger partial charge is 0.416 e. The van der Waals surface area contributed by atoms with Gasteiger partial charge in [-0.3, -0.25) is 10.1 Å². The molecule has 4 nitrogen and oxygen atoms in total. The molecule has 0 aliphatic heterocycles. The van der Waals surface area contributed by atoms with Gasteiger partial charge in [-0.25, -0.2) is 0 Å². The minimum atomic E-state index is -4.59. The van der Waals surface area contributed by atoms with Crippen LogP contribution < -0.4 is 5.32 Å². The minimum Gasteiger partial charge on any atom is -0.376 e. The molecule has 0 spiro atoms. The molecule has 21 heavy (non-hydrogen) atoms. The van der Waals surface area contributed by atoms with Crippen LogP contribution in [0.3, 0.4) is 0 Å². The molecule has 1 aliphatic rings. The Labute approximate surface area is 120 Å². The van der Waals surface area contributed by atoms with Crippen molar-refractivity contribution in [2.24, 2.45) is 5.41 Å². The van der Waals surface area contributed by atoms with Crippen molar-refractivity contribution in [2.45, 2.75) is 45.3 Å². The highest BCUT2D eigenvalue weighted by Gasteiger charge is 2.37. The maximum atomic E-state index is 12.6. The quantitative estimate of drug-likeness (QED) is 0.655. The van der Waals surface area contributed by atoms with Gasteiger partial charge in [0, 0.05) is 12.1 Å². The summed E-state index contributed by atoms with van der Waals surface area (Å²) in [6, 6.07) is 2.63. The molecule has 2 rings (SSSR count). The molecular weight excluding hydrogens is 285 g/mol. The van der Waals surface area contributed by atoms with Crippen molar-refractivity contribution in [1.82, 2.24) is 0 Å². The number of alkyl halides is 3. The zero-order chi connectivity index (χ0) is 15.8. The first-order chi connectivity index (χ1) is 9.61. The van der Waals surface area contributed by atoms with E-state index in [1.807, 2.05) is 13.8 Å². The molecule has 0 heterocycles. The Kier molecular flexibility index (Phi) is 3.86. The van der Waals surface area contributed by atoms with Crippen molar-refractivity contribution in [1.29, 1.82) is 0 Å². The number of rotatable bonds is 3. The standard InChI is InChI=1S/C14H17F3N2O2/c1-13(2)7-3-4-12(13)18-10-6-5-9(14(15,16)17)8-11(10)19(20)21/h5-6,8,12,18H,3-4,7H2,1-2H3. The molecule has 1 aliphatic carbocycles. The van der Waals surface area contributed by atoms with Gasteiger partial charge >= 0.3 is 6.18 Å². The van der Waals surface area contributed by atoms with Crippen molar-refractivity contribution < 1.29 is 18.1 Å². The fourth-order valence-corrected chi connectivity index (χ4v) is 2.76. The smallest absolute Gasteiger partial charge is 0.376 e. The predicted molar refractivity (Wildman–Crippen MR) is 73.1 cm³/mol. The van der Waals surface area contributed by atoms with E-state index >= 15 is 0 Å². The zero-order valence-electron chi connectivity index (χ0n) is 11.8. The van der Waals surface area contributed by atoms with Gasteiger partial charge < -0.3 is 5.32 Å². The number of nitro benzene ring substituents is 1. The molecule has 1 N–H and O–H groups in total. The van der Waals surface area contributed by atoms with Gasteiger partial charge in [0.1, 0.15) is 5.69 Å². The van der Waals surface area contributed by atoms with Crippen molar-refractivity contribution in [2.75, 3.05) is 5.32 Å². The average Bonchev–Trinajstić information content (AvgIpc) is 2.67. The van der Waals surface area contributed by atoms with Crippen LogP contribution in [0, 0.1) is 15.5 Å². The number of halogens is 3. The Balaban J connectivity index is 2.33. The molecule has 1 aromatic rings. The summed E-state index contributed by atoms with van der Waals surface area (Å²) < 4.78 is 37.9. The van der Waals surface area contributed by atoms with Gasteiger partial charge in [-0.05, 0) is 30.4 Å². The van der Waals surface area contributed by atoms with E-state index < -0.39 is 22.4 Å². The minimum absolute atomic E-state index is 0.0212. The third-order valence-electron chi connectivity index (χ3n) is 4.11. The molecule has 1 unspecified atom stereocenters. The fourth-order valence-electron chi connectivity index (χ4n) is 2.76. The summed E-state index contributed by atoms with van der Waals surface area (Å²) in [4.78, 5) is 10.3. The summed E-state index contributed by atoms with van der Waals surface area (Å²) in [6.45, 7) is 4.10. The molecular formula is C14H17F3N2O2. The van der Waals surface area contributed by atoms with E-state index in [9.17, 15) is 23.3 Å². The van der Waals surface area contributed by atoms with Gasteiger partial charge in [-0.1, -0.05) is 20.3 Å². The van der Waals surface area contributed by atoms with Crippen molar-refractivity contribution in [3.63, 3.8) is 0 Å². The third kappa shape index (κ3) is 3.28. The molecule has 0 saturated heterocycles. The monoisotopic (exact) mass is 302 g/mol. The second-order valence-electron chi connectivity index (χ2n) is 6.06. The molecule has 1 saturated carbocycles. The van der Waals surface area contributed by atoms with Crippen molar-refractivity contribution >= 4 is 11.4 Å². The summed E-state index contributed by atoms with van der Waals surface area (Å²) in [5.74, 6) is 0. The first-order valence-corrected chi connectivity index (χ1v) is 6.73. The van der Waals surface area contributed by atoms with Crippen LogP contribution in [0.25, 0.3) is 0 Å². The van der Waals surface area contributed by atoms with Gasteiger partial charge in [0.05, 0.1) is 10.5 Å². The fraction of sp³-hybridized carbons (Fsp3) is 0.571. The van der Waals surface area contributed by atoms with Crippen LogP contribution in [-0.4, -0.2) is 11.0 Å². The van der Waals surface area contributed by atoms with Gasteiger partial charge in [0.2, 0.25) is 0 Å². The lowest BCUT2D eigenvalue weighted by Gasteiger charge is -2.28. The Hall–Kier alpha value is -1.79. The van der Waals surface area contributed by atoms with Gasteiger partial charge in [-0.2, -0.15) is 13.2 Å². The molecule has 7 heteroatoms. The number of anilines is 1. The Bertz CT molecular complexity index is 556. The summed E-state index contributed by atoms with van der Waals surface area (Å²) in [7, 11) is 0. The molecule has 116 valence electrons. The van der Waals surface area contributed by atoms with Crippen LogP contribution in [-0.2, 0) is 6.18 Å². The maximum absolute atomic E-state index is 12.6. The molecule has 1 fully saturated rings.